The fraction of sp³-hybridized carbons (Fsp3) is 1.00. The summed E-state index contributed by atoms with van der Waals surface area (Å²) in [6.45, 7) is 1.03. The molecule has 0 saturated heterocycles. The summed E-state index contributed by atoms with van der Waals surface area (Å²) in [6.07, 6.45) is 0. The highest BCUT2D eigenvalue weighted by molar-refractivity contribution is 7.48. The highest BCUT2D eigenvalue weighted by Crippen LogP contribution is 2.51. The predicted octanol–water partition coefficient (Wildman–Crippen LogP) is 3.73. The van der Waals surface area contributed by atoms with Crippen LogP contribution in [0.25, 0.3) is 0 Å². The van der Waals surface area contributed by atoms with Crippen molar-refractivity contribution < 1.29 is 18.1 Å². The molecule has 0 aromatic heterocycles. The maximum absolute atomic E-state index is 11.5. The van der Waals surface area contributed by atoms with E-state index in [1.54, 1.807) is 0 Å². The quantitative estimate of drug-likeness (QED) is 0.573. The second-order valence-corrected chi connectivity index (χ2v) is 7.03. The molecule has 0 aliphatic heterocycles. The number of halogens is 4. The average Bonchev–Trinajstić information content (AvgIpc) is 1.99. The van der Waals surface area contributed by atoms with Gasteiger partial charge in [0, 0.05) is 7.11 Å². The summed E-state index contributed by atoms with van der Waals surface area (Å²) < 4.78 is 23.7. The second-order valence-electron chi connectivity index (χ2n) is 2.17. The summed E-state index contributed by atoms with van der Waals surface area (Å²) in [4.78, 5) is 0. The third kappa shape index (κ3) is 7.55. The number of phosphoric acid groups is 1. The monoisotopic (exact) mass is 304 g/mol. The van der Waals surface area contributed by atoms with Crippen LogP contribution in [0.3, 0.4) is 0 Å². The highest BCUT2D eigenvalue weighted by Gasteiger charge is 2.32. The Kier molecular flexibility index (Phi) is 6.67. The molecule has 0 N–H and O–H groups in total. The van der Waals surface area contributed by atoms with Gasteiger partial charge in [0.05, 0.1) is 0 Å². The highest BCUT2D eigenvalue weighted by atomic mass is 35.6. The van der Waals surface area contributed by atoms with Crippen molar-refractivity contribution in [3.05, 3.63) is 0 Å². The zero-order valence-electron chi connectivity index (χ0n) is 7.38. The van der Waals surface area contributed by atoms with Crippen LogP contribution in [0.4, 0.5) is 0 Å². The minimum atomic E-state index is -3.74. The molecule has 0 rings (SSSR count). The molecule has 0 heterocycles. The van der Waals surface area contributed by atoms with Gasteiger partial charge in [-0.05, 0) is 6.92 Å². The largest absolute Gasteiger partial charge is 0.476 e. The van der Waals surface area contributed by atoms with E-state index in [0.29, 0.717) is 0 Å². The lowest BCUT2D eigenvalue weighted by atomic mass is 10.9. The van der Waals surface area contributed by atoms with Crippen molar-refractivity contribution in [1.29, 1.82) is 0 Å². The predicted molar refractivity (Wildman–Crippen MR) is 57.3 cm³/mol. The number of rotatable bonds is 5. The van der Waals surface area contributed by atoms with Crippen molar-refractivity contribution in [2.75, 3.05) is 13.7 Å². The fourth-order valence-corrected chi connectivity index (χ4v) is 2.10. The van der Waals surface area contributed by atoms with Gasteiger partial charge in [0.1, 0.15) is 12.2 Å². The molecule has 0 aromatic carbocycles. The Bertz CT molecular complexity index is 216. The topological polar surface area (TPSA) is 44.8 Å². The van der Waals surface area contributed by atoms with Gasteiger partial charge in [-0.25, -0.2) is 4.57 Å². The molecule has 2 unspecified atom stereocenters. The van der Waals surface area contributed by atoms with E-state index in [-0.39, 0.29) is 0 Å². The molecule has 0 bridgehead atoms. The number of hydrogen-bond donors (Lipinski definition) is 0. The molecular weight excluding hydrogens is 297 g/mol. The van der Waals surface area contributed by atoms with Crippen molar-refractivity contribution in [2.24, 2.45) is 0 Å². The van der Waals surface area contributed by atoms with Crippen LogP contribution < -0.4 is 0 Å². The Morgan fingerprint density at radius 1 is 1.43 bits per heavy atom. The van der Waals surface area contributed by atoms with E-state index in [1.165, 1.54) is 6.92 Å². The Morgan fingerprint density at radius 3 is 2.21 bits per heavy atom. The van der Waals surface area contributed by atoms with Crippen LogP contribution in [0.2, 0.25) is 0 Å². The number of alkyl halides is 4. The van der Waals surface area contributed by atoms with Gasteiger partial charge in [-0.2, -0.15) is 0 Å². The van der Waals surface area contributed by atoms with Crippen LogP contribution in [0.1, 0.15) is 6.92 Å². The maximum atomic E-state index is 11.5. The lowest BCUT2D eigenvalue weighted by Gasteiger charge is -2.19. The van der Waals surface area contributed by atoms with Gasteiger partial charge in [-0.1, -0.05) is 46.4 Å². The molecule has 0 amide bonds. The fourth-order valence-electron chi connectivity index (χ4n) is 0.456. The minimum Gasteiger partial charge on any atom is -0.290 e. The molecule has 0 aliphatic rings. The van der Waals surface area contributed by atoms with Crippen LogP contribution in [-0.4, -0.2) is 23.1 Å². The van der Waals surface area contributed by atoms with Crippen molar-refractivity contribution in [3.8, 4) is 0 Å². The van der Waals surface area contributed by atoms with Crippen LogP contribution in [0.5, 0.6) is 0 Å². The summed E-state index contributed by atoms with van der Waals surface area (Å²) in [6, 6.07) is 0. The first-order valence-electron chi connectivity index (χ1n) is 3.38. The van der Waals surface area contributed by atoms with Gasteiger partial charge in [-0.3, -0.25) is 13.6 Å². The van der Waals surface area contributed by atoms with Crippen molar-refractivity contribution >= 4 is 54.2 Å². The molecule has 9 heteroatoms. The Labute approximate surface area is 102 Å². The smallest absolute Gasteiger partial charge is 0.290 e. The first-order chi connectivity index (χ1) is 6.18. The molecule has 0 aliphatic carbocycles. The van der Waals surface area contributed by atoms with E-state index in [1.807, 2.05) is 0 Å². The van der Waals surface area contributed by atoms with Crippen molar-refractivity contribution in [1.82, 2.24) is 0 Å². The molecule has 0 spiro atoms. The van der Waals surface area contributed by atoms with Gasteiger partial charge >= 0.3 is 7.82 Å². The molecule has 86 valence electrons. The standard InChI is InChI=1S/C5H9Cl4O4P/c1-4(6)13-14(10,11-2)12-3-5(7,8)9/h4H,3H2,1-2H3. The van der Waals surface area contributed by atoms with Gasteiger partial charge in [0.2, 0.25) is 3.79 Å². The molecule has 4 nitrogen and oxygen atoms in total. The lowest BCUT2D eigenvalue weighted by Crippen LogP contribution is -2.14. The zero-order valence-corrected chi connectivity index (χ0v) is 11.3. The Morgan fingerprint density at radius 2 is 1.93 bits per heavy atom. The van der Waals surface area contributed by atoms with Crippen LogP contribution >= 0.6 is 54.2 Å². The number of phosphoric ester groups is 1. The van der Waals surface area contributed by atoms with E-state index in [0.717, 1.165) is 7.11 Å². The molecule has 14 heavy (non-hydrogen) atoms. The SMILES string of the molecule is COP(=O)(OCC(Cl)(Cl)Cl)OC(C)Cl. The van der Waals surface area contributed by atoms with E-state index in [2.05, 4.69) is 13.6 Å². The number of hydrogen-bond acceptors (Lipinski definition) is 4. The van der Waals surface area contributed by atoms with Gasteiger partial charge in [0.25, 0.3) is 0 Å². The van der Waals surface area contributed by atoms with Crippen LogP contribution in [-0.2, 0) is 18.1 Å². The van der Waals surface area contributed by atoms with Crippen LogP contribution in [0.15, 0.2) is 0 Å². The van der Waals surface area contributed by atoms with Crippen molar-refractivity contribution in [3.63, 3.8) is 0 Å². The van der Waals surface area contributed by atoms with Gasteiger partial charge < -0.3 is 0 Å². The summed E-state index contributed by atoms with van der Waals surface area (Å²) in [5.74, 6) is 0. The molecule has 0 fully saturated rings. The summed E-state index contributed by atoms with van der Waals surface area (Å²) in [5.41, 5.74) is -0.837. The summed E-state index contributed by atoms with van der Waals surface area (Å²) in [7, 11) is -2.60. The van der Waals surface area contributed by atoms with E-state index in [4.69, 9.17) is 46.4 Å². The molecule has 0 radical (unpaired) electrons. The lowest BCUT2D eigenvalue weighted by molar-refractivity contribution is 0.126. The Hall–Kier alpha value is 1.27. The van der Waals surface area contributed by atoms with E-state index < -0.39 is 23.8 Å². The first kappa shape index (κ1) is 15.3. The Balaban J connectivity index is 4.20. The van der Waals surface area contributed by atoms with E-state index >= 15 is 0 Å². The third-order valence-electron chi connectivity index (χ3n) is 0.884. The molecule has 2 atom stereocenters. The third-order valence-corrected chi connectivity index (χ3v) is 2.89. The molecule has 0 aromatic rings. The first-order valence-corrected chi connectivity index (χ1v) is 6.41. The van der Waals surface area contributed by atoms with Gasteiger partial charge in [-0.15, -0.1) is 0 Å². The normalized spacial score (nSPS) is 19.0. The van der Waals surface area contributed by atoms with E-state index in [9.17, 15) is 4.57 Å². The minimum absolute atomic E-state index is 0.424. The van der Waals surface area contributed by atoms with Crippen LogP contribution in [0, 0.1) is 0 Å². The summed E-state index contributed by atoms with van der Waals surface area (Å²) in [5, 5.41) is 0. The molecule has 0 saturated carbocycles. The van der Waals surface area contributed by atoms with Crippen molar-refractivity contribution in [2.45, 2.75) is 16.3 Å². The van der Waals surface area contributed by atoms with Gasteiger partial charge in [0.15, 0.2) is 0 Å². The zero-order chi connectivity index (χ0) is 11.4. The molecular formula is C5H9Cl4O4P. The second kappa shape index (κ2) is 6.12. The maximum Gasteiger partial charge on any atom is 0.476 e. The average molecular weight is 306 g/mol. The summed E-state index contributed by atoms with van der Waals surface area (Å²) >= 11 is 21.6.